The lowest BCUT2D eigenvalue weighted by Gasteiger charge is -2.20. The van der Waals surface area contributed by atoms with E-state index < -0.39 is 0 Å². The van der Waals surface area contributed by atoms with Gasteiger partial charge in [0.1, 0.15) is 5.75 Å². The number of hydrogen-bond acceptors (Lipinski definition) is 3. The van der Waals surface area contributed by atoms with Crippen LogP contribution < -0.4 is 5.32 Å². The summed E-state index contributed by atoms with van der Waals surface area (Å²) in [5.74, 6) is 0.252. The van der Waals surface area contributed by atoms with Gasteiger partial charge in [-0.15, -0.1) is 0 Å². The molecular weight excluding hydrogens is 362 g/mol. The minimum Gasteiger partial charge on any atom is -0.506 e. The number of benzene rings is 1. The van der Waals surface area contributed by atoms with E-state index in [9.17, 15) is 5.11 Å². The highest BCUT2D eigenvalue weighted by Gasteiger charge is 2.40. The van der Waals surface area contributed by atoms with E-state index in [0.29, 0.717) is 18.2 Å². The summed E-state index contributed by atoms with van der Waals surface area (Å²) in [6.07, 6.45) is 4.42. The van der Waals surface area contributed by atoms with Crippen molar-refractivity contribution in [3.05, 3.63) is 26.6 Å². The first-order chi connectivity index (χ1) is 8.63. The van der Waals surface area contributed by atoms with Crippen molar-refractivity contribution in [1.29, 1.82) is 0 Å². The smallest absolute Gasteiger partial charge is 0.143 e. The van der Waals surface area contributed by atoms with Gasteiger partial charge in [0.2, 0.25) is 0 Å². The largest absolute Gasteiger partial charge is 0.506 e. The fourth-order valence-corrected chi connectivity index (χ4v) is 4.10. The van der Waals surface area contributed by atoms with Gasteiger partial charge in [0.15, 0.2) is 0 Å². The molecule has 5 heteroatoms. The fourth-order valence-electron chi connectivity index (χ4n) is 2.82. The van der Waals surface area contributed by atoms with E-state index in [1.54, 1.807) is 0 Å². The summed E-state index contributed by atoms with van der Waals surface area (Å²) in [5, 5.41) is 13.2. The van der Waals surface area contributed by atoms with Crippen LogP contribution in [0.2, 0.25) is 0 Å². The van der Waals surface area contributed by atoms with E-state index in [0.717, 1.165) is 27.5 Å². The van der Waals surface area contributed by atoms with Gasteiger partial charge >= 0.3 is 0 Å². The zero-order valence-electron chi connectivity index (χ0n) is 9.83. The van der Waals surface area contributed by atoms with Gasteiger partial charge in [-0.05, 0) is 68.8 Å². The van der Waals surface area contributed by atoms with Crippen molar-refractivity contribution in [2.45, 2.75) is 44.1 Å². The van der Waals surface area contributed by atoms with Crippen LogP contribution in [0.5, 0.6) is 5.75 Å². The summed E-state index contributed by atoms with van der Waals surface area (Å²) in [6.45, 7) is 0.800. The molecule has 18 heavy (non-hydrogen) atoms. The first-order valence-corrected chi connectivity index (χ1v) is 7.78. The molecule has 98 valence electrons. The van der Waals surface area contributed by atoms with Crippen molar-refractivity contribution in [3.8, 4) is 5.75 Å². The monoisotopic (exact) mass is 375 g/mol. The van der Waals surface area contributed by atoms with Crippen molar-refractivity contribution in [2.24, 2.45) is 0 Å². The Morgan fingerprint density at radius 2 is 2.00 bits per heavy atom. The SMILES string of the molecule is Oc1c(Br)cc(CNC2CC3CCC2O3)cc1Br. The van der Waals surface area contributed by atoms with Gasteiger partial charge < -0.3 is 15.2 Å². The maximum absolute atomic E-state index is 9.66. The molecule has 3 unspecified atom stereocenters. The quantitative estimate of drug-likeness (QED) is 0.850. The Morgan fingerprint density at radius 3 is 2.56 bits per heavy atom. The normalized spacial score (nSPS) is 30.0. The number of phenols is 1. The van der Waals surface area contributed by atoms with Crippen LogP contribution in [0, 0.1) is 0 Å². The molecule has 2 heterocycles. The number of fused-ring (bicyclic) bond motifs is 2. The average Bonchev–Trinajstić information content (AvgIpc) is 2.95. The molecule has 3 atom stereocenters. The number of nitrogens with one attached hydrogen (secondary N) is 1. The first-order valence-electron chi connectivity index (χ1n) is 6.19. The van der Waals surface area contributed by atoms with Crippen molar-refractivity contribution < 1.29 is 9.84 Å². The minimum atomic E-state index is 0.252. The van der Waals surface area contributed by atoms with Crippen LogP contribution in [0.1, 0.15) is 24.8 Å². The number of phenolic OH excluding ortho intramolecular Hbond substituents is 1. The molecule has 1 aromatic carbocycles. The van der Waals surface area contributed by atoms with E-state index in [1.807, 2.05) is 12.1 Å². The molecule has 3 rings (SSSR count). The van der Waals surface area contributed by atoms with Crippen molar-refractivity contribution in [2.75, 3.05) is 0 Å². The molecule has 2 fully saturated rings. The number of aromatic hydroxyl groups is 1. The van der Waals surface area contributed by atoms with Crippen LogP contribution in [0.15, 0.2) is 21.1 Å². The number of hydrogen-bond donors (Lipinski definition) is 2. The third-order valence-electron chi connectivity index (χ3n) is 3.75. The van der Waals surface area contributed by atoms with E-state index >= 15 is 0 Å². The highest BCUT2D eigenvalue weighted by atomic mass is 79.9. The molecule has 2 N–H and O–H groups in total. The van der Waals surface area contributed by atoms with Gasteiger partial charge in [-0.25, -0.2) is 0 Å². The van der Waals surface area contributed by atoms with Gasteiger partial charge in [-0.2, -0.15) is 0 Å². The Kier molecular flexibility index (Phi) is 3.67. The predicted molar refractivity (Wildman–Crippen MR) is 76.6 cm³/mol. The molecule has 0 spiro atoms. The Hall–Kier alpha value is -0.100. The first kappa shape index (κ1) is 12.9. The molecule has 2 aliphatic rings. The molecule has 0 saturated carbocycles. The molecule has 2 saturated heterocycles. The van der Waals surface area contributed by atoms with Crippen LogP contribution in [-0.4, -0.2) is 23.4 Å². The van der Waals surface area contributed by atoms with Crippen molar-refractivity contribution in [3.63, 3.8) is 0 Å². The standard InChI is InChI=1S/C13H15Br2NO2/c14-9-3-7(4-10(15)13(9)17)6-16-11-5-8-1-2-12(11)18-8/h3-4,8,11-12,16-17H,1-2,5-6H2. The molecule has 2 bridgehead atoms. The number of ether oxygens (including phenoxy) is 1. The Labute approximate surface area is 123 Å². The molecule has 2 aliphatic heterocycles. The molecule has 0 radical (unpaired) electrons. The second-order valence-electron chi connectivity index (χ2n) is 5.01. The van der Waals surface area contributed by atoms with Crippen LogP contribution in [0.4, 0.5) is 0 Å². The van der Waals surface area contributed by atoms with Crippen LogP contribution >= 0.6 is 31.9 Å². The third-order valence-corrected chi connectivity index (χ3v) is 4.96. The molecule has 1 aromatic rings. The second kappa shape index (κ2) is 5.12. The van der Waals surface area contributed by atoms with Crippen molar-refractivity contribution >= 4 is 31.9 Å². The van der Waals surface area contributed by atoms with Gasteiger partial charge in [-0.3, -0.25) is 0 Å². The fraction of sp³-hybridized carbons (Fsp3) is 0.538. The topological polar surface area (TPSA) is 41.5 Å². The highest BCUT2D eigenvalue weighted by molar-refractivity contribution is 9.11. The molecule has 3 nitrogen and oxygen atoms in total. The second-order valence-corrected chi connectivity index (χ2v) is 6.71. The van der Waals surface area contributed by atoms with Gasteiger partial charge in [-0.1, -0.05) is 0 Å². The average molecular weight is 377 g/mol. The van der Waals surface area contributed by atoms with Gasteiger partial charge in [0.05, 0.1) is 21.2 Å². The van der Waals surface area contributed by atoms with Gasteiger partial charge in [0.25, 0.3) is 0 Å². The van der Waals surface area contributed by atoms with Gasteiger partial charge in [0, 0.05) is 12.6 Å². The lowest BCUT2D eigenvalue weighted by atomic mass is 9.95. The van der Waals surface area contributed by atoms with Crippen LogP contribution in [-0.2, 0) is 11.3 Å². The zero-order valence-corrected chi connectivity index (χ0v) is 13.0. The molecule has 0 amide bonds. The lowest BCUT2D eigenvalue weighted by molar-refractivity contribution is 0.0973. The number of halogens is 2. The number of rotatable bonds is 3. The third kappa shape index (κ3) is 2.46. The molecular formula is C13H15Br2NO2. The Balaban J connectivity index is 1.63. The lowest BCUT2D eigenvalue weighted by Crippen LogP contribution is -2.36. The van der Waals surface area contributed by atoms with E-state index in [4.69, 9.17) is 4.74 Å². The van der Waals surface area contributed by atoms with Crippen LogP contribution in [0.25, 0.3) is 0 Å². The Morgan fingerprint density at radius 1 is 1.28 bits per heavy atom. The van der Waals surface area contributed by atoms with E-state index in [2.05, 4.69) is 37.2 Å². The van der Waals surface area contributed by atoms with E-state index in [1.165, 1.54) is 12.8 Å². The molecule has 0 aliphatic carbocycles. The zero-order chi connectivity index (χ0) is 12.7. The predicted octanol–water partition coefficient (Wildman–Crippen LogP) is 3.33. The summed E-state index contributed by atoms with van der Waals surface area (Å²) < 4.78 is 7.26. The summed E-state index contributed by atoms with van der Waals surface area (Å²) in [5.41, 5.74) is 1.15. The summed E-state index contributed by atoms with van der Waals surface area (Å²) >= 11 is 6.70. The summed E-state index contributed by atoms with van der Waals surface area (Å²) in [4.78, 5) is 0. The van der Waals surface area contributed by atoms with Crippen LogP contribution in [0.3, 0.4) is 0 Å². The minimum absolute atomic E-state index is 0.252. The Bertz CT molecular complexity index is 443. The van der Waals surface area contributed by atoms with Crippen molar-refractivity contribution in [1.82, 2.24) is 5.32 Å². The maximum Gasteiger partial charge on any atom is 0.143 e. The highest BCUT2D eigenvalue weighted by Crippen LogP contribution is 2.35. The maximum atomic E-state index is 9.66. The van der Waals surface area contributed by atoms with E-state index in [-0.39, 0.29) is 5.75 Å². The summed E-state index contributed by atoms with van der Waals surface area (Å²) in [7, 11) is 0. The molecule has 0 aromatic heterocycles. The summed E-state index contributed by atoms with van der Waals surface area (Å²) in [6, 6.07) is 4.37.